The number of aliphatic hydroxyl groups excluding tert-OH is 1. The van der Waals surface area contributed by atoms with Gasteiger partial charge in [-0.2, -0.15) is 22.0 Å². The van der Waals surface area contributed by atoms with E-state index in [0.29, 0.717) is 0 Å². The molecule has 0 radical (unpaired) electrons. The van der Waals surface area contributed by atoms with Crippen molar-refractivity contribution in [2.75, 3.05) is 0 Å². The molecule has 0 aliphatic carbocycles. The average Bonchev–Trinajstić information content (AvgIpc) is 2.53. The Morgan fingerprint density at radius 1 is 0.808 bits per heavy atom. The zero-order valence-electron chi connectivity index (χ0n) is 13.9. The molecule has 0 aromatic heterocycles. The summed E-state index contributed by atoms with van der Waals surface area (Å²) < 4.78 is 73.3. The van der Waals surface area contributed by atoms with Crippen LogP contribution in [0.15, 0.2) is 48.5 Å². The molecular weight excluding hydrogens is 359 g/mol. The maximum atomic E-state index is 13.3. The maximum Gasteiger partial charge on any atom is 0.499 e. The van der Waals surface area contributed by atoms with Crippen molar-refractivity contribution in [1.29, 1.82) is 0 Å². The number of para-hydroxylation sites is 2. The summed E-state index contributed by atoms with van der Waals surface area (Å²) in [6.45, 7) is 3.51. The highest BCUT2D eigenvalue weighted by molar-refractivity contribution is 5.45. The second-order valence-electron chi connectivity index (χ2n) is 5.76. The molecule has 2 aromatic rings. The lowest BCUT2D eigenvalue weighted by atomic mass is 9.99. The first-order chi connectivity index (χ1) is 12.0. The fourth-order valence-corrected chi connectivity index (χ4v) is 2.23. The third-order valence-electron chi connectivity index (χ3n) is 3.36. The van der Waals surface area contributed by atoms with Crippen molar-refractivity contribution in [1.82, 2.24) is 0 Å². The van der Waals surface area contributed by atoms with Crippen LogP contribution in [0.2, 0.25) is 0 Å². The van der Waals surface area contributed by atoms with Crippen LogP contribution in [0.4, 0.5) is 22.0 Å². The second kappa shape index (κ2) is 7.49. The van der Waals surface area contributed by atoms with Gasteiger partial charge in [0.15, 0.2) is 0 Å². The summed E-state index contributed by atoms with van der Waals surface area (Å²) in [7, 11) is 0. The average molecular weight is 376 g/mol. The molecule has 8 heteroatoms. The summed E-state index contributed by atoms with van der Waals surface area (Å²) in [5.41, 5.74) is -0.0243. The smallest absolute Gasteiger partial charge is 0.491 e. The Morgan fingerprint density at radius 3 is 1.77 bits per heavy atom. The van der Waals surface area contributed by atoms with Crippen LogP contribution in [0.5, 0.6) is 11.5 Å². The molecule has 0 fully saturated rings. The van der Waals surface area contributed by atoms with E-state index >= 15 is 0 Å². The molecule has 0 aliphatic heterocycles. The van der Waals surface area contributed by atoms with Crippen LogP contribution in [0.25, 0.3) is 0 Å². The van der Waals surface area contributed by atoms with Crippen LogP contribution >= 0.6 is 0 Å². The lowest BCUT2D eigenvalue weighted by molar-refractivity contribution is -0.360. The van der Waals surface area contributed by atoms with E-state index in [0.717, 1.165) is 6.07 Å². The van der Waals surface area contributed by atoms with Gasteiger partial charge in [-0.3, -0.25) is 0 Å². The fraction of sp³-hybridized carbons (Fsp3) is 0.333. The number of aliphatic hydroxyl groups is 1. The highest BCUT2D eigenvalue weighted by Crippen LogP contribution is 2.41. The quantitative estimate of drug-likeness (QED) is 0.714. The molecule has 1 N–H and O–H groups in total. The molecular formula is C18H17F5O3. The van der Waals surface area contributed by atoms with E-state index in [9.17, 15) is 27.1 Å². The van der Waals surface area contributed by atoms with Gasteiger partial charge in [0.25, 0.3) is 0 Å². The van der Waals surface area contributed by atoms with E-state index < -0.39 is 24.1 Å². The van der Waals surface area contributed by atoms with E-state index in [4.69, 9.17) is 4.74 Å². The Kier molecular flexibility index (Phi) is 5.75. The SMILES string of the molecule is CC(C)Oc1ccccc1C(O)c1ccccc1OC(F)(F)C(F)(F)F. The number of rotatable bonds is 6. The number of hydrogen-bond donors (Lipinski definition) is 1. The van der Waals surface area contributed by atoms with E-state index in [1.807, 2.05) is 0 Å². The van der Waals surface area contributed by atoms with Crippen molar-refractivity contribution in [3.63, 3.8) is 0 Å². The second-order valence-corrected chi connectivity index (χ2v) is 5.76. The summed E-state index contributed by atoms with van der Waals surface area (Å²) in [6, 6.07) is 11.0. The first-order valence-corrected chi connectivity index (χ1v) is 7.69. The molecule has 0 amide bonds. The van der Waals surface area contributed by atoms with Gasteiger partial charge in [0.2, 0.25) is 0 Å². The summed E-state index contributed by atoms with van der Waals surface area (Å²) in [5, 5.41) is 10.6. The summed E-state index contributed by atoms with van der Waals surface area (Å²) in [6.07, 6.45) is -13.0. The van der Waals surface area contributed by atoms with Crippen LogP contribution in [-0.4, -0.2) is 23.5 Å². The van der Waals surface area contributed by atoms with Gasteiger partial charge < -0.3 is 14.6 Å². The van der Waals surface area contributed by atoms with Crippen molar-refractivity contribution in [2.45, 2.75) is 38.3 Å². The number of halogens is 5. The maximum absolute atomic E-state index is 13.3. The van der Waals surface area contributed by atoms with Crippen molar-refractivity contribution in [3.8, 4) is 11.5 Å². The van der Waals surface area contributed by atoms with E-state index in [2.05, 4.69) is 4.74 Å². The van der Waals surface area contributed by atoms with Crippen LogP contribution < -0.4 is 9.47 Å². The van der Waals surface area contributed by atoms with Crippen molar-refractivity contribution in [3.05, 3.63) is 59.7 Å². The molecule has 1 unspecified atom stereocenters. The van der Waals surface area contributed by atoms with Gasteiger partial charge in [0.1, 0.15) is 17.6 Å². The zero-order valence-corrected chi connectivity index (χ0v) is 13.9. The molecule has 3 nitrogen and oxygen atoms in total. The largest absolute Gasteiger partial charge is 0.499 e. The Bertz CT molecular complexity index is 744. The predicted molar refractivity (Wildman–Crippen MR) is 84.3 cm³/mol. The lowest BCUT2D eigenvalue weighted by Crippen LogP contribution is -2.42. The molecule has 1 atom stereocenters. The van der Waals surface area contributed by atoms with Crippen LogP contribution in [0.3, 0.4) is 0 Å². The Morgan fingerprint density at radius 2 is 1.27 bits per heavy atom. The van der Waals surface area contributed by atoms with Crippen LogP contribution in [0.1, 0.15) is 31.1 Å². The summed E-state index contributed by atoms with van der Waals surface area (Å²) in [5.74, 6) is -0.492. The first-order valence-electron chi connectivity index (χ1n) is 7.69. The van der Waals surface area contributed by atoms with E-state index in [1.165, 1.54) is 24.3 Å². The molecule has 142 valence electrons. The molecule has 0 aliphatic rings. The standard InChI is InChI=1S/C18H17F5O3/c1-11(2)25-14-9-5-3-7-12(14)16(24)13-8-4-6-10-15(13)26-18(22,23)17(19,20)21/h3-11,16,24H,1-2H3. The van der Waals surface area contributed by atoms with Gasteiger partial charge in [-0.25, -0.2) is 0 Å². The highest BCUT2D eigenvalue weighted by Gasteiger charge is 2.61. The monoisotopic (exact) mass is 376 g/mol. The molecule has 0 saturated heterocycles. The molecule has 2 aromatic carbocycles. The molecule has 0 saturated carbocycles. The van der Waals surface area contributed by atoms with E-state index in [-0.39, 0.29) is 23.0 Å². The number of hydrogen-bond acceptors (Lipinski definition) is 3. The van der Waals surface area contributed by atoms with Crippen molar-refractivity contribution >= 4 is 0 Å². The predicted octanol–water partition coefficient (Wildman–Crippen LogP) is 5.09. The Labute approximate surface area is 147 Å². The number of benzene rings is 2. The van der Waals surface area contributed by atoms with Crippen molar-refractivity contribution in [2.24, 2.45) is 0 Å². The minimum Gasteiger partial charge on any atom is -0.491 e. The molecule has 0 bridgehead atoms. The molecule has 2 rings (SSSR count). The normalized spacial score (nSPS) is 13.6. The highest BCUT2D eigenvalue weighted by atomic mass is 19.4. The minimum atomic E-state index is -5.89. The zero-order chi connectivity index (χ0) is 19.5. The number of ether oxygens (including phenoxy) is 2. The van der Waals surface area contributed by atoms with Crippen LogP contribution in [-0.2, 0) is 0 Å². The summed E-state index contributed by atoms with van der Waals surface area (Å²) in [4.78, 5) is 0. The van der Waals surface area contributed by atoms with E-state index in [1.54, 1.807) is 32.0 Å². The lowest BCUT2D eigenvalue weighted by Gasteiger charge is -2.24. The first kappa shape index (κ1) is 20.0. The Hall–Kier alpha value is -2.35. The molecule has 0 heterocycles. The van der Waals surface area contributed by atoms with Crippen LogP contribution in [0, 0.1) is 0 Å². The number of alkyl halides is 5. The third kappa shape index (κ3) is 4.43. The van der Waals surface area contributed by atoms with Gasteiger partial charge in [-0.15, -0.1) is 0 Å². The van der Waals surface area contributed by atoms with Gasteiger partial charge in [0, 0.05) is 11.1 Å². The summed E-state index contributed by atoms with van der Waals surface area (Å²) >= 11 is 0. The molecule has 26 heavy (non-hydrogen) atoms. The van der Waals surface area contributed by atoms with Gasteiger partial charge in [-0.1, -0.05) is 36.4 Å². The van der Waals surface area contributed by atoms with Gasteiger partial charge >= 0.3 is 12.3 Å². The Balaban J connectivity index is 2.42. The fourth-order valence-electron chi connectivity index (χ4n) is 2.23. The topological polar surface area (TPSA) is 38.7 Å². The van der Waals surface area contributed by atoms with Gasteiger partial charge in [-0.05, 0) is 26.0 Å². The van der Waals surface area contributed by atoms with Gasteiger partial charge in [0.05, 0.1) is 6.10 Å². The minimum absolute atomic E-state index is 0.215. The third-order valence-corrected chi connectivity index (χ3v) is 3.36. The van der Waals surface area contributed by atoms with Crippen molar-refractivity contribution < 1.29 is 36.5 Å². The molecule has 0 spiro atoms.